The van der Waals surface area contributed by atoms with Crippen LogP contribution in [0.5, 0.6) is 0 Å². The number of nitrogens with zero attached hydrogens (tertiary/aromatic N) is 2. The average Bonchev–Trinajstić information content (AvgIpc) is 2.64. The highest BCUT2D eigenvalue weighted by atomic mass is 16.2. The maximum absolute atomic E-state index is 12.2. The number of carbonyl (C=O) groups excluding carboxylic acids is 2. The molecule has 1 aromatic rings. The molecule has 1 aliphatic heterocycles. The van der Waals surface area contributed by atoms with Crippen molar-refractivity contribution < 1.29 is 9.59 Å². The SMILES string of the molecule is CCCCCNC(=O)C1CCN(C(=O)/C=C/c2ccccn2)CC1. The third kappa shape index (κ3) is 5.80. The number of nitrogens with one attached hydrogen (secondary N) is 1. The van der Waals surface area contributed by atoms with Gasteiger partial charge in [0, 0.05) is 37.8 Å². The fourth-order valence-electron chi connectivity index (χ4n) is 2.83. The Hall–Kier alpha value is -2.17. The Bertz CT molecular complexity index is 549. The van der Waals surface area contributed by atoms with Crippen LogP contribution in [0.3, 0.4) is 0 Å². The van der Waals surface area contributed by atoms with Gasteiger partial charge in [-0.15, -0.1) is 0 Å². The molecule has 1 saturated heterocycles. The molecule has 5 nitrogen and oxygen atoms in total. The predicted molar refractivity (Wildman–Crippen MR) is 95.1 cm³/mol. The summed E-state index contributed by atoms with van der Waals surface area (Å²) < 4.78 is 0. The van der Waals surface area contributed by atoms with E-state index in [1.54, 1.807) is 23.2 Å². The zero-order valence-electron chi connectivity index (χ0n) is 14.4. The molecule has 2 rings (SSSR count). The topological polar surface area (TPSA) is 62.3 Å². The normalized spacial score (nSPS) is 15.6. The molecule has 0 radical (unpaired) electrons. The Morgan fingerprint density at radius 3 is 2.75 bits per heavy atom. The molecule has 1 aliphatic rings. The van der Waals surface area contributed by atoms with E-state index < -0.39 is 0 Å². The fourth-order valence-corrected chi connectivity index (χ4v) is 2.83. The molecule has 1 aromatic heterocycles. The molecule has 5 heteroatoms. The van der Waals surface area contributed by atoms with Gasteiger partial charge in [-0.1, -0.05) is 25.8 Å². The van der Waals surface area contributed by atoms with Crippen LogP contribution in [0.4, 0.5) is 0 Å². The third-order valence-electron chi connectivity index (χ3n) is 4.34. The van der Waals surface area contributed by atoms with Crippen molar-refractivity contribution in [2.24, 2.45) is 5.92 Å². The summed E-state index contributed by atoms with van der Waals surface area (Å²) in [6.45, 7) is 4.19. The average molecular weight is 329 g/mol. The third-order valence-corrected chi connectivity index (χ3v) is 4.34. The number of piperidine rings is 1. The lowest BCUT2D eigenvalue weighted by atomic mass is 9.95. The second-order valence-corrected chi connectivity index (χ2v) is 6.19. The van der Waals surface area contributed by atoms with Crippen LogP contribution in [0, 0.1) is 5.92 Å². The van der Waals surface area contributed by atoms with Gasteiger partial charge in [0.1, 0.15) is 0 Å². The van der Waals surface area contributed by atoms with Crippen molar-refractivity contribution in [2.45, 2.75) is 39.0 Å². The van der Waals surface area contributed by atoms with E-state index in [-0.39, 0.29) is 17.7 Å². The molecule has 2 amide bonds. The maximum Gasteiger partial charge on any atom is 0.246 e. The second kappa shape index (κ2) is 9.85. The van der Waals surface area contributed by atoms with E-state index in [0.717, 1.165) is 44.3 Å². The van der Waals surface area contributed by atoms with E-state index in [4.69, 9.17) is 0 Å². The van der Waals surface area contributed by atoms with E-state index >= 15 is 0 Å². The van der Waals surface area contributed by atoms with E-state index in [2.05, 4.69) is 17.2 Å². The molecular weight excluding hydrogens is 302 g/mol. The van der Waals surface area contributed by atoms with Crippen molar-refractivity contribution in [3.63, 3.8) is 0 Å². The lowest BCUT2D eigenvalue weighted by molar-refractivity contribution is -0.132. The minimum absolute atomic E-state index is 0.0116. The van der Waals surface area contributed by atoms with Gasteiger partial charge in [-0.2, -0.15) is 0 Å². The van der Waals surface area contributed by atoms with Crippen LogP contribution in [0.1, 0.15) is 44.7 Å². The predicted octanol–water partition coefficient (Wildman–Crippen LogP) is 2.64. The summed E-state index contributed by atoms with van der Waals surface area (Å²) in [5, 5.41) is 3.01. The first kappa shape index (κ1) is 18.2. The van der Waals surface area contributed by atoms with Crippen LogP contribution < -0.4 is 5.32 Å². The molecule has 0 bridgehead atoms. The number of hydrogen-bond acceptors (Lipinski definition) is 3. The van der Waals surface area contributed by atoms with Crippen molar-refractivity contribution in [3.05, 3.63) is 36.2 Å². The molecule has 0 atom stereocenters. The van der Waals surface area contributed by atoms with Crippen LogP contribution in [0.15, 0.2) is 30.5 Å². The molecule has 24 heavy (non-hydrogen) atoms. The molecule has 2 heterocycles. The van der Waals surface area contributed by atoms with Crippen molar-refractivity contribution in [2.75, 3.05) is 19.6 Å². The number of unbranched alkanes of at least 4 members (excludes halogenated alkanes) is 2. The summed E-state index contributed by atoms with van der Waals surface area (Å²) >= 11 is 0. The molecule has 0 aromatic carbocycles. The van der Waals surface area contributed by atoms with Gasteiger partial charge in [-0.3, -0.25) is 14.6 Å². The van der Waals surface area contributed by atoms with Gasteiger partial charge in [0.2, 0.25) is 11.8 Å². The Morgan fingerprint density at radius 2 is 2.08 bits per heavy atom. The molecule has 0 unspecified atom stereocenters. The number of hydrogen-bond donors (Lipinski definition) is 1. The quantitative estimate of drug-likeness (QED) is 0.618. The zero-order valence-corrected chi connectivity index (χ0v) is 14.4. The molecule has 130 valence electrons. The van der Waals surface area contributed by atoms with Gasteiger partial charge in [0.25, 0.3) is 0 Å². The van der Waals surface area contributed by atoms with E-state index in [1.165, 1.54) is 0 Å². The summed E-state index contributed by atoms with van der Waals surface area (Å²) in [6, 6.07) is 5.60. The first-order valence-corrected chi connectivity index (χ1v) is 8.86. The Balaban J connectivity index is 1.72. The number of amides is 2. The first-order chi connectivity index (χ1) is 11.7. The lowest BCUT2D eigenvalue weighted by Gasteiger charge is -2.30. The molecular formula is C19H27N3O2. The highest BCUT2D eigenvalue weighted by Crippen LogP contribution is 2.18. The van der Waals surface area contributed by atoms with Gasteiger partial charge in [-0.05, 0) is 37.5 Å². The summed E-state index contributed by atoms with van der Waals surface area (Å²) in [5.41, 5.74) is 0.771. The van der Waals surface area contributed by atoms with Gasteiger partial charge < -0.3 is 10.2 Å². The number of pyridine rings is 1. The Kier molecular flexibility index (Phi) is 7.46. The Labute approximate surface area is 144 Å². The van der Waals surface area contributed by atoms with Crippen molar-refractivity contribution >= 4 is 17.9 Å². The largest absolute Gasteiger partial charge is 0.356 e. The van der Waals surface area contributed by atoms with E-state index in [9.17, 15) is 9.59 Å². The highest BCUT2D eigenvalue weighted by molar-refractivity contribution is 5.91. The minimum atomic E-state index is -0.0116. The number of carbonyl (C=O) groups is 2. The van der Waals surface area contributed by atoms with Crippen molar-refractivity contribution in [1.29, 1.82) is 0 Å². The standard InChI is InChI=1S/C19H27N3O2/c1-2-3-5-13-21-19(24)16-10-14-22(15-11-16)18(23)9-8-17-7-4-6-12-20-17/h4,6-9,12,16H,2-3,5,10-11,13-15H2,1H3,(H,21,24)/b9-8+. The lowest BCUT2D eigenvalue weighted by Crippen LogP contribution is -2.42. The van der Waals surface area contributed by atoms with Crippen molar-refractivity contribution in [1.82, 2.24) is 15.2 Å². The number of rotatable bonds is 7. The van der Waals surface area contributed by atoms with Gasteiger partial charge >= 0.3 is 0 Å². The van der Waals surface area contributed by atoms with Crippen LogP contribution in [0.2, 0.25) is 0 Å². The number of likely N-dealkylation sites (tertiary alicyclic amines) is 1. The summed E-state index contributed by atoms with van der Waals surface area (Å²) in [6.07, 6.45) is 9.82. The second-order valence-electron chi connectivity index (χ2n) is 6.19. The summed E-state index contributed by atoms with van der Waals surface area (Å²) in [4.78, 5) is 30.3. The highest BCUT2D eigenvalue weighted by Gasteiger charge is 2.26. The summed E-state index contributed by atoms with van der Waals surface area (Å²) in [7, 11) is 0. The summed E-state index contributed by atoms with van der Waals surface area (Å²) in [5.74, 6) is 0.167. The van der Waals surface area contributed by atoms with Gasteiger partial charge in [0.05, 0.1) is 5.69 Å². The Morgan fingerprint density at radius 1 is 1.29 bits per heavy atom. The van der Waals surface area contributed by atoms with Crippen LogP contribution in [-0.2, 0) is 9.59 Å². The van der Waals surface area contributed by atoms with Gasteiger partial charge in [0.15, 0.2) is 0 Å². The fraction of sp³-hybridized carbons (Fsp3) is 0.526. The van der Waals surface area contributed by atoms with Crippen LogP contribution >= 0.6 is 0 Å². The zero-order chi connectivity index (χ0) is 17.2. The smallest absolute Gasteiger partial charge is 0.246 e. The molecule has 0 spiro atoms. The number of aromatic nitrogens is 1. The monoisotopic (exact) mass is 329 g/mol. The maximum atomic E-state index is 12.2. The van der Waals surface area contributed by atoms with Crippen molar-refractivity contribution in [3.8, 4) is 0 Å². The van der Waals surface area contributed by atoms with Crippen LogP contribution in [-0.4, -0.2) is 41.3 Å². The molecule has 0 saturated carbocycles. The molecule has 0 aliphatic carbocycles. The molecule has 1 N–H and O–H groups in total. The first-order valence-electron chi connectivity index (χ1n) is 8.86. The van der Waals surface area contributed by atoms with E-state index in [1.807, 2.05) is 18.2 Å². The van der Waals surface area contributed by atoms with Gasteiger partial charge in [-0.25, -0.2) is 0 Å². The van der Waals surface area contributed by atoms with E-state index in [0.29, 0.717) is 13.1 Å². The minimum Gasteiger partial charge on any atom is -0.356 e. The van der Waals surface area contributed by atoms with Crippen LogP contribution in [0.25, 0.3) is 6.08 Å². The molecule has 1 fully saturated rings.